The van der Waals surface area contributed by atoms with E-state index in [1.807, 2.05) is 12.4 Å². The number of aromatic nitrogens is 4. The molecular formula is C24H34N4O. The summed E-state index contributed by atoms with van der Waals surface area (Å²) in [6.45, 7) is 0. The molecule has 29 heavy (non-hydrogen) atoms. The Bertz CT molecular complexity index is 722. The molecule has 0 aromatic carbocycles. The molecule has 5 nitrogen and oxygen atoms in total. The van der Waals surface area contributed by atoms with Crippen LogP contribution in [-0.2, 0) is 4.74 Å². The number of H-pyrrole nitrogens is 2. The van der Waals surface area contributed by atoms with Gasteiger partial charge in [-0.25, -0.2) is 9.97 Å². The molecule has 4 aliphatic rings. The lowest BCUT2D eigenvalue weighted by molar-refractivity contribution is -0.0492. The fourth-order valence-corrected chi connectivity index (χ4v) is 7.47. The van der Waals surface area contributed by atoms with Gasteiger partial charge in [-0.2, -0.15) is 0 Å². The minimum atomic E-state index is 0.0749. The lowest BCUT2D eigenvalue weighted by Crippen LogP contribution is -2.21. The fourth-order valence-electron chi connectivity index (χ4n) is 7.47. The van der Waals surface area contributed by atoms with E-state index in [0.29, 0.717) is 0 Å². The van der Waals surface area contributed by atoms with Gasteiger partial charge in [0.2, 0.25) is 0 Å². The Kier molecular flexibility index (Phi) is 4.74. The second-order valence-corrected chi connectivity index (χ2v) is 10.4. The van der Waals surface area contributed by atoms with Gasteiger partial charge in [-0.05, 0) is 86.9 Å². The molecule has 0 aliphatic heterocycles. The van der Waals surface area contributed by atoms with E-state index < -0.39 is 0 Å². The van der Waals surface area contributed by atoms with Crippen LogP contribution in [0.2, 0.25) is 0 Å². The van der Waals surface area contributed by atoms with Crippen molar-refractivity contribution in [3.8, 4) is 0 Å². The Morgan fingerprint density at radius 3 is 1.62 bits per heavy atom. The Hall–Kier alpha value is -1.62. The SMILES string of the molecule is c1nc(C(CC2CC3CCC2C3)OC(CC2CC3CCC2C3)c2c[nH]cn2)c[nH]1. The van der Waals surface area contributed by atoms with Gasteiger partial charge in [0.15, 0.2) is 0 Å². The monoisotopic (exact) mass is 394 g/mol. The summed E-state index contributed by atoms with van der Waals surface area (Å²) in [4.78, 5) is 15.6. The van der Waals surface area contributed by atoms with Crippen molar-refractivity contribution in [3.05, 3.63) is 36.4 Å². The van der Waals surface area contributed by atoms with Crippen molar-refractivity contribution < 1.29 is 4.74 Å². The van der Waals surface area contributed by atoms with Crippen LogP contribution >= 0.6 is 0 Å². The van der Waals surface area contributed by atoms with Gasteiger partial charge >= 0.3 is 0 Å². The predicted molar refractivity (Wildman–Crippen MR) is 111 cm³/mol. The molecule has 4 bridgehead atoms. The zero-order valence-electron chi connectivity index (χ0n) is 17.3. The average molecular weight is 395 g/mol. The first-order valence-corrected chi connectivity index (χ1v) is 11.9. The van der Waals surface area contributed by atoms with E-state index in [-0.39, 0.29) is 12.2 Å². The van der Waals surface area contributed by atoms with Crippen LogP contribution in [-0.4, -0.2) is 19.9 Å². The molecule has 2 aromatic rings. The van der Waals surface area contributed by atoms with Crippen LogP contribution in [0.5, 0.6) is 0 Å². The van der Waals surface area contributed by atoms with E-state index in [0.717, 1.165) is 59.7 Å². The molecule has 2 heterocycles. The number of nitrogens with zero attached hydrogens (tertiary/aromatic N) is 2. The van der Waals surface area contributed by atoms with Crippen molar-refractivity contribution in [2.24, 2.45) is 35.5 Å². The molecule has 2 aromatic heterocycles. The van der Waals surface area contributed by atoms with E-state index >= 15 is 0 Å². The van der Waals surface area contributed by atoms with Gasteiger partial charge in [0.1, 0.15) is 12.2 Å². The van der Waals surface area contributed by atoms with Crippen molar-refractivity contribution in [2.45, 2.75) is 76.4 Å². The summed E-state index contributed by atoms with van der Waals surface area (Å²) in [7, 11) is 0. The number of fused-ring (bicyclic) bond motifs is 4. The summed E-state index contributed by atoms with van der Waals surface area (Å²) in [5, 5.41) is 0. The maximum absolute atomic E-state index is 6.91. The Balaban J connectivity index is 1.21. The summed E-state index contributed by atoms with van der Waals surface area (Å²) in [5.74, 6) is 5.39. The highest BCUT2D eigenvalue weighted by Crippen LogP contribution is 2.53. The lowest BCUT2D eigenvalue weighted by atomic mass is 9.83. The number of hydrogen-bond donors (Lipinski definition) is 2. The van der Waals surface area contributed by atoms with E-state index in [2.05, 4.69) is 19.9 Å². The lowest BCUT2D eigenvalue weighted by Gasteiger charge is -2.31. The highest BCUT2D eigenvalue weighted by molar-refractivity contribution is 5.06. The van der Waals surface area contributed by atoms with Gasteiger partial charge in [-0.1, -0.05) is 12.8 Å². The summed E-state index contributed by atoms with van der Waals surface area (Å²) >= 11 is 0. The van der Waals surface area contributed by atoms with E-state index in [1.165, 1.54) is 51.4 Å². The fraction of sp³-hybridized carbons (Fsp3) is 0.750. The maximum atomic E-state index is 6.91. The zero-order chi connectivity index (χ0) is 19.2. The predicted octanol–water partition coefficient (Wildman–Crippen LogP) is 5.58. The molecule has 156 valence electrons. The smallest absolute Gasteiger partial charge is 0.102 e. The molecule has 4 saturated carbocycles. The van der Waals surface area contributed by atoms with Crippen molar-refractivity contribution in [2.75, 3.05) is 0 Å². The summed E-state index contributed by atoms with van der Waals surface area (Å²) in [5.41, 5.74) is 2.14. The third kappa shape index (κ3) is 3.56. The summed E-state index contributed by atoms with van der Waals surface area (Å²) < 4.78 is 6.91. The van der Waals surface area contributed by atoms with Crippen LogP contribution in [0.4, 0.5) is 0 Å². The van der Waals surface area contributed by atoms with Gasteiger partial charge < -0.3 is 14.7 Å². The third-order valence-electron chi connectivity index (χ3n) is 8.83. The topological polar surface area (TPSA) is 66.6 Å². The minimum Gasteiger partial charge on any atom is -0.362 e. The first-order chi connectivity index (χ1) is 14.3. The number of nitrogens with one attached hydrogen (secondary N) is 2. The molecule has 6 rings (SSSR count). The standard InChI is InChI=1S/C24H34N4O/c1-3-17-5-15(1)7-19(17)9-23(21-11-25-13-27-21)29-24(22-12-26-14-28-22)10-20-8-16-2-4-18(20)6-16/h11-20,23-24H,1-10H2,(H,25,27)(H,26,28). The van der Waals surface area contributed by atoms with Gasteiger partial charge in [-0.3, -0.25) is 0 Å². The molecule has 0 spiro atoms. The minimum absolute atomic E-state index is 0.0749. The van der Waals surface area contributed by atoms with E-state index in [1.54, 1.807) is 12.7 Å². The first-order valence-electron chi connectivity index (χ1n) is 11.9. The molecule has 5 heteroatoms. The molecule has 2 N–H and O–H groups in total. The van der Waals surface area contributed by atoms with Crippen LogP contribution in [0, 0.1) is 35.5 Å². The van der Waals surface area contributed by atoms with Gasteiger partial charge in [0.25, 0.3) is 0 Å². The van der Waals surface area contributed by atoms with E-state index in [9.17, 15) is 0 Å². The van der Waals surface area contributed by atoms with Crippen molar-refractivity contribution in [1.82, 2.24) is 19.9 Å². The Morgan fingerprint density at radius 2 is 1.28 bits per heavy atom. The van der Waals surface area contributed by atoms with Crippen LogP contribution in [0.1, 0.15) is 87.8 Å². The van der Waals surface area contributed by atoms with Gasteiger partial charge in [0.05, 0.1) is 24.0 Å². The van der Waals surface area contributed by atoms with E-state index in [4.69, 9.17) is 4.74 Å². The molecule has 8 unspecified atom stereocenters. The average Bonchev–Trinajstić information content (AvgIpc) is 3.54. The molecule has 0 saturated heterocycles. The zero-order valence-corrected chi connectivity index (χ0v) is 17.3. The van der Waals surface area contributed by atoms with Crippen molar-refractivity contribution >= 4 is 0 Å². The van der Waals surface area contributed by atoms with Crippen LogP contribution in [0.3, 0.4) is 0 Å². The van der Waals surface area contributed by atoms with Gasteiger partial charge in [-0.15, -0.1) is 0 Å². The van der Waals surface area contributed by atoms with Crippen LogP contribution < -0.4 is 0 Å². The number of imidazole rings is 2. The van der Waals surface area contributed by atoms with Crippen molar-refractivity contribution in [3.63, 3.8) is 0 Å². The Morgan fingerprint density at radius 1 is 0.759 bits per heavy atom. The molecule has 8 atom stereocenters. The molecule has 0 radical (unpaired) electrons. The molecule has 4 aliphatic carbocycles. The molecule has 0 amide bonds. The normalized spacial score (nSPS) is 37.4. The number of aromatic amines is 2. The second-order valence-electron chi connectivity index (χ2n) is 10.4. The molecule has 4 fully saturated rings. The number of rotatable bonds is 8. The third-order valence-corrected chi connectivity index (χ3v) is 8.83. The largest absolute Gasteiger partial charge is 0.362 e. The summed E-state index contributed by atoms with van der Waals surface area (Å²) in [6.07, 6.45) is 21.5. The maximum Gasteiger partial charge on any atom is 0.102 e. The highest BCUT2D eigenvalue weighted by atomic mass is 16.5. The quantitative estimate of drug-likeness (QED) is 0.614. The summed E-state index contributed by atoms with van der Waals surface area (Å²) in [6, 6.07) is 0. The molecular weight excluding hydrogens is 360 g/mol. The van der Waals surface area contributed by atoms with Gasteiger partial charge in [0, 0.05) is 12.4 Å². The first kappa shape index (κ1) is 18.2. The van der Waals surface area contributed by atoms with Crippen LogP contribution in [0.15, 0.2) is 25.0 Å². The number of ether oxygens (including phenoxy) is 1. The second kappa shape index (κ2) is 7.57. The van der Waals surface area contributed by atoms with Crippen LogP contribution in [0.25, 0.3) is 0 Å². The highest BCUT2D eigenvalue weighted by Gasteiger charge is 2.43. The Labute approximate surface area is 173 Å². The number of hydrogen-bond acceptors (Lipinski definition) is 3. The van der Waals surface area contributed by atoms with Crippen molar-refractivity contribution in [1.29, 1.82) is 0 Å².